The zero-order valence-corrected chi connectivity index (χ0v) is 18.2. The molecule has 1 aromatic heterocycles. The van der Waals surface area contributed by atoms with Gasteiger partial charge in [-0.05, 0) is 36.2 Å². The van der Waals surface area contributed by atoms with E-state index in [0.717, 1.165) is 24.2 Å². The van der Waals surface area contributed by atoms with Crippen molar-refractivity contribution in [2.24, 2.45) is 0 Å². The minimum atomic E-state index is -0.455. The van der Waals surface area contributed by atoms with Crippen LogP contribution >= 0.6 is 23.4 Å². The molecule has 0 unspecified atom stereocenters. The van der Waals surface area contributed by atoms with E-state index in [0.29, 0.717) is 21.6 Å². The van der Waals surface area contributed by atoms with Gasteiger partial charge in [-0.1, -0.05) is 48.5 Å². The summed E-state index contributed by atoms with van der Waals surface area (Å²) in [5.41, 5.74) is 5.08. The largest absolute Gasteiger partial charge is 0.497 e. The number of amides is 1. The summed E-state index contributed by atoms with van der Waals surface area (Å²) < 4.78 is 7.14. The van der Waals surface area contributed by atoms with Gasteiger partial charge in [-0.25, -0.2) is 4.68 Å². The summed E-state index contributed by atoms with van der Waals surface area (Å²) in [5.74, 6) is 1.40. The van der Waals surface area contributed by atoms with Crippen LogP contribution < -0.4 is 15.5 Å². The van der Waals surface area contributed by atoms with Crippen molar-refractivity contribution in [3.05, 3.63) is 64.9 Å². The lowest BCUT2D eigenvalue weighted by molar-refractivity contribution is -0.116. The zero-order valence-electron chi connectivity index (χ0n) is 16.6. The summed E-state index contributed by atoms with van der Waals surface area (Å²) in [5, 5.41) is 12.4. The Hall–Kier alpha value is -2.71. The second kappa shape index (κ2) is 8.97. The second-order valence-electron chi connectivity index (χ2n) is 6.90. The van der Waals surface area contributed by atoms with E-state index in [1.54, 1.807) is 13.2 Å². The van der Waals surface area contributed by atoms with Crippen molar-refractivity contribution in [1.29, 1.82) is 0 Å². The number of ether oxygens (including phenoxy) is 1. The molecule has 2 aromatic carbocycles. The van der Waals surface area contributed by atoms with E-state index < -0.39 is 5.25 Å². The van der Waals surface area contributed by atoms with Crippen LogP contribution in [-0.2, 0) is 11.2 Å². The highest BCUT2D eigenvalue weighted by Gasteiger charge is 2.37. The summed E-state index contributed by atoms with van der Waals surface area (Å²) >= 11 is 7.47. The first-order chi connectivity index (χ1) is 14.6. The predicted molar refractivity (Wildman–Crippen MR) is 119 cm³/mol. The average Bonchev–Trinajstić information content (AvgIpc) is 3.15. The van der Waals surface area contributed by atoms with Crippen molar-refractivity contribution < 1.29 is 9.53 Å². The fourth-order valence-corrected chi connectivity index (χ4v) is 4.54. The van der Waals surface area contributed by atoms with Gasteiger partial charge in [0, 0.05) is 23.2 Å². The summed E-state index contributed by atoms with van der Waals surface area (Å²) in [6.07, 6.45) is 1.75. The highest BCUT2D eigenvalue weighted by atomic mass is 35.5. The van der Waals surface area contributed by atoms with E-state index in [-0.39, 0.29) is 11.9 Å². The normalized spacial score (nSPS) is 17.7. The molecular formula is C21H22ClN5O2S. The summed E-state index contributed by atoms with van der Waals surface area (Å²) in [6, 6.07) is 14.5. The number of nitrogens with one attached hydrogen (secondary N) is 2. The number of anilines is 1. The molecule has 0 saturated heterocycles. The molecule has 1 aliphatic heterocycles. The standard InChI is InChI=1S/C21H22ClN5O2S/c1-3-5-17-24-25-21-27(17)26-18(13-8-10-14(22)11-9-13)19(30-21)20(28)23-15-6-4-7-16(12-15)29-2/h4,6-12,18-19,26H,3,5H2,1-2H3,(H,23,28)/t18-,19+/m0/s1. The Labute approximate surface area is 184 Å². The second-order valence-corrected chi connectivity index (χ2v) is 8.45. The minimum absolute atomic E-state index is 0.132. The number of benzene rings is 2. The molecule has 2 heterocycles. The highest BCUT2D eigenvalue weighted by molar-refractivity contribution is 8.00. The minimum Gasteiger partial charge on any atom is -0.497 e. The Kier molecular flexibility index (Phi) is 6.15. The number of rotatable bonds is 6. The molecule has 156 valence electrons. The molecule has 9 heteroatoms. The molecule has 3 aromatic rings. The van der Waals surface area contributed by atoms with Crippen LogP contribution in [0.15, 0.2) is 53.7 Å². The summed E-state index contributed by atoms with van der Waals surface area (Å²) in [7, 11) is 1.60. The molecule has 30 heavy (non-hydrogen) atoms. The average molecular weight is 444 g/mol. The van der Waals surface area contributed by atoms with E-state index in [4.69, 9.17) is 16.3 Å². The topological polar surface area (TPSA) is 81.1 Å². The Morgan fingerprint density at radius 3 is 2.80 bits per heavy atom. The van der Waals surface area contributed by atoms with Gasteiger partial charge in [-0.3, -0.25) is 4.79 Å². The Morgan fingerprint density at radius 2 is 2.07 bits per heavy atom. The van der Waals surface area contributed by atoms with E-state index >= 15 is 0 Å². The highest BCUT2D eigenvalue weighted by Crippen LogP contribution is 2.38. The smallest absolute Gasteiger partial charge is 0.240 e. The monoisotopic (exact) mass is 443 g/mol. The number of aromatic nitrogens is 3. The van der Waals surface area contributed by atoms with E-state index in [2.05, 4.69) is 27.9 Å². The van der Waals surface area contributed by atoms with Crippen molar-refractivity contribution in [3.8, 4) is 5.75 Å². The fraction of sp³-hybridized carbons (Fsp3) is 0.286. The lowest BCUT2D eigenvalue weighted by Gasteiger charge is -2.33. The van der Waals surface area contributed by atoms with Crippen LogP contribution in [0.1, 0.15) is 30.8 Å². The molecule has 0 fully saturated rings. The van der Waals surface area contributed by atoms with Gasteiger partial charge in [0.05, 0.1) is 13.2 Å². The quantitative estimate of drug-likeness (QED) is 0.591. The first kappa shape index (κ1) is 20.6. The molecule has 0 spiro atoms. The van der Waals surface area contributed by atoms with Crippen molar-refractivity contribution in [2.45, 2.75) is 36.2 Å². The van der Waals surface area contributed by atoms with Crippen LogP contribution in [0.2, 0.25) is 5.02 Å². The van der Waals surface area contributed by atoms with Crippen LogP contribution in [0.3, 0.4) is 0 Å². The van der Waals surface area contributed by atoms with Gasteiger partial charge in [0.2, 0.25) is 11.1 Å². The van der Waals surface area contributed by atoms with Crippen LogP contribution in [0.25, 0.3) is 0 Å². The number of halogens is 1. The third kappa shape index (κ3) is 4.24. The molecule has 7 nitrogen and oxygen atoms in total. The maximum atomic E-state index is 13.3. The van der Waals surface area contributed by atoms with Gasteiger partial charge in [0.25, 0.3) is 0 Å². The number of hydrogen-bond acceptors (Lipinski definition) is 6. The maximum absolute atomic E-state index is 13.3. The number of thioether (sulfide) groups is 1. The summed E-state index contributed by atoms with van der Waals surface area (Å²) in [4.78, 5) is 13.3. The number of carbonyl (C=O) groups is 1. The maximum Gasteiger partial charge on any atom is 0.240 e. The molecule has 2 N–H and O–H groups in total. The van der Waals surface area contributed by atoms with Crippen molar-refractivity contribution >= 4 is 35.0 Å². The molecule has 0 saturated carbocycles. The van der Waals surface area contributed by atoms with E-state index in [9.17, 15) is 4.79 Å². The van der Waals surface area contributed by atoms with Crippen LogP contribution in [-0.4, -0.2) is 33.1 Å². The molecule has 1 amide bonds. The van der Waals surface area contributed by atoms with Gasteiger partial charge >= 0.3 is 0 Å². The van der Waals surface area contributed by atoms with E-state index in [1.165, 1.54) is 11.8 Å². The lowest BCUT2D eigenvalue weighted by Crippen LogP contribution is -2.41. The molecule has 0 bridgehead atoms. The van der Waals surface area contributed by atoms with Gasteiger partial charge in [0.1, 0.15) is 11.0 Å². The molecule has 2 atom stereocenters. The van der Waals surface area contributed by atoms with Gasteiger partial charge < -0.3 is 15.5 Å². The predicted octanol–water partition coefficient (Wildman–Crippen LogP) is 4.29. The van der Waals surface area contributed by atoms with Crippen LogP contribution in [0.5, 0.6) is 5.75 Å². The number of methoxy groups -OCH3 is 1. The van der Waals surface area contributed by atoms with Gasteiger partial charge in [-0.15, -0.1) is 10.2 Å². The summed E-state index contributed by atoms with van der Waals surface area (Å²) in [6.45, 7) is 2.10. The lowest BCUT2D eigenvalue weighted by atomic mass is 10.0. The Bertz CT molecular complexity index is 1040. The number of aryl methyl sites for hydroxylation is 1. The number of carbonyl (C=O) groups excluding carboxylic acids is 1. The SMILES string of the molecule is CCCc1nnc2n1N[C@@H](c1ccc(Cl)cc1)[C@H](C(=O)Nc1cccc(OC)c1)S2. The first-order valence-electron chi connectivity index (χ1n) is 9.67. The fourth-order valence-electron chi connectivity index (χ4n) is 3.32. The third-order valence-corrected chi connectivity index (χ3v) is 6.27. The van der Waals surface area contributed by atoms with Crippen molar-refractivity contribution in [2.75, 3.05) is 17.9 Å². The number of hydrogen-bond donors (Lipinski definition) is 2. The van der Waals surface area contributed by atoms with Gasteiger partial charge in [0.15, 0.2) is 5.82 Å². The first-order valence-corrected chi connectivity index (χ1v) is 10.9. The molecular weight excluding hydrogens is 422 g/mol. The zero-order chi connectivity index (χ0) is 21.1. The van der Waals surface area contributed by atoms with Crippen LogP contribution in [0.4, 0.5) is 5.69 Å². The molecule has 1 aliphatic rings. The molecule has 4 rings (SSSR count). The molecule has 0 aliphatic carbocycles. The number of fused-ring (bicyclic) bond motifs is 1. The Balaban J connectivity index is 1.65. The molecule has 0 radical (unpaired) electrons. The third-order valence-electron chi connectivity index (χ3n) is 4.80. The van der Waals surface area contributed by atoms with Gasteiger partial charge in [-0.2, -0.15) is 0 Å². The Morgan fingerprint density at radius 1 is 1.27 bits per heavy atom. The van der Waals surface area contributed by atoms with E-state index in [1.807, 2.05) is 47.1 Å². The van der Waals surface area contributed by atoms with Crippen molar-refractivity contribution in [1.82, 2.24) is 14.9 Å². The van der Waals surface area contributed by atoms with Crippen molar-refractivity contribution in [3.63, 3.8) is 0 Å². The number of nitrogens with zero attached hydrogens (tertiary/aromatic N) is 3. The van der Waals surface area contributed by atoms with Crippen LogP contribution in [0, 0.1) is 0 Å².